The molecule has 1 aliphatic heterocycles. The van der Waals surface area contributed by atoms with Crippen LogP contribution in [-0.2, 0) is 27.7 Å². The van der Waals surface area contributed by atoms with Crippen LogP contribution in [0.2, 0.25) is 0 Å². The molecule has 136 valence electrons. The molecule has 0 radical (unpaired) electrons. The van der Waals surface area contributed by atoms with Gasteiger partial charge in [0.25, 0.3) is 10.0 Å². The molecule has 0 aliphatic carbocycles. The fourth-order valence-electron chi connectivity index (χ4n) is 3.32. The van der Waals surface area contributed by atoms with Gasteiger partial charge in [-0.05, 0) is 42.8 Å². The van der Waals surface area contributed by atoms with Gasteiger partial charge in [0.15, 0.2) is 0 Å². The molecule has 0 bridgehead atoms. The zero-order valence-electron chi connectivity index (χ0n) is 14.4. The summed E-state index contributed by atoms with van der Waals surface area (Å²) in [7, 11) is -2.17. The van der Waals surface area contributed by atoms with Crippen LogP contribution in [0, 0.1) is 6.92 Å². The van der Waals surface area contributed by atoms with E-state index in [0.717, 1.165) is 27.0 Å². The van der Waals surface area contributed by atoms with Crippen molar-refractivity contribution in [2.45, 2.75) is 24.1 Å². The highest BCUT2D eigenvalue weighted by molar-refractivity contribution is 7.91. The number of esters is 1. The Morgan fingerprint density at radius 3 is 2.77 bits per heavy atom. The lowest BCUT2D eigenvalue weighted by Gasteiger charge is -2.26. The Kier molecular flexibility index (Phi) is 4.13. The molecular weight excluding hydrogens is 372 g/mol. The molecule has 26 heavy (non-hydrogen) atoms. The molecule has 0 amide bonds. The molecule has 8 heteroatoms. The summed E-state index contributed by atoms with van der Waals surface area (Å²) in [4.78, 5) is 16.1. The third-order valence-electron chi connectivity index (χ3n) is 4.67. The molecule has 0 saturated carbocycles. The molecule has 3 aromatic rings. The smallest absolute Gasteiger partial charge is 0.337 e. The van der Waals surface area contributed by atoms with E-state index in [2.05, 4.69) is 4.98 Å². The predicted molar refractivity (Wildman–Crippen MR) is 100.0 cm³/mol. The van der Waals surface area contributed by atoms with Gasteiger partial charge in [-0.3, -0.25) is 0 Å². The van der Waals surface area contributed by atoms with Crippen LogP contribution < -0.4 is 0 Å². The molecule has 1 N–H and O–H groups in total. The molecular formula is C18H18N2O4S2. The number of aromatic amines is 1. The van der Waals surface area contributed by atoms with E-state index in [0.29, 0.717) is 29.3 Å². The van der Waals surface area contributed by atoms with E-state index in [-0.39, 0.29) is 0 Å². The summed E-state index contributed by atoms with van der Waals surface area (Å²) in [5, 5.41) is 0.866. The van der Waals surface area contributed by atoms with Crippen molar-refractivity contribution in [3.8, 4) is 0 Å². The second kappa shape index (κ2) is 6.22. The van der Waals surface area contributed by atoms with Crippen molar-refractivity contribution in [3.05, 3.63) is 52.0 Å². The summed E-state index contributed by atoms with van der Waals surface area (Å²) >= 11 is 1.29. The maximum atomic E-state index is 12.9. The fraction of sp³-hybridized carbons (Fsp3) is 0.278. The summed E-state index contributed by atoms with van der Waals surface area (Å²) in [6.45, 7) is 2.62. The lowest BCUT2D eigenvalue weighted by atomic mass is 10.0. The zero-order valence-corrected chi connectivity index (χ0v) is 16.0. The van der Waals surface area contributed by atoms with Gasteiger partial charge >= 0.3 is 5.97 Å². The second-order valence-electron chi connectivity index (χ2n) is 6.29. The first-order valence-corrected chi connectivity index (χ1v) is 10.4. The highest BCUT2D eigenvalue weighted by Crippen LogP contribution is 2.32. The van der Waals surface area contributed by atoms with Crippen molar-refractivity contribution in [3.63, 3.8) is 0 Å². The molecule has 0 spiro atoms. The molecule has 0 unspecified atom stereocenters. The third kappa shape index (κ3) is 2.74. The summed E-state index contributed by atoms with van der Waals surface area (Å²) in [5.41, 5.74) is 3.30. The van der Waals surface area contributed by atoms with E-state index in [1.165, 1.54) is 22.8 Å². The highest BCUT2D eigenvalue weighted by atomic mass is 32.2. The summed E-state index contributed by atoms with van der Waals surface area (Å²) < 4.78 is 32.6. The van der Waals surface area contributed by atoms with Crippen molar-refractivity contribution in [2.75, 3.05) is 13.7 Å². The highest BCUT2D eigenvalue weighted by Gasteiger charge is 2.31. The van der Waals surface area contributed by atoms with Crippen molar-refractivity contribution >= 4 is 38.2 Å². The molecule has 4 rings (SSSR count). The second-order valence-corrected chi connectivity index (χ2v) is 9.74. The lowest BCUT2D eigenvalue weighted by molar-refractivity contribution is 0.0601. The Morgan fingerprint density at radius 2 is 2.08 bits per heavy atom. The number of methoxy groups -OCH3 is 1. The van der Waals surface area contributed by atoms with Crippen LogP contribution in [0.25, 0.3) is 10.9 Å². The first-order chi connectivity index (χ1) is 12.4. The molecule has 0 atom stereocenters. The van der Waals surface area contributed by atoms with Crippen molar-refractivity contribution < 1.29 is 17.9 Å². The number of fused-ring (bicyclic) bond motifs is 3. The Hall–Kier alpha value is -2.16. The number of aryl methyl sites for hydroxylation is 1. The monoisotopic (exact) mass is 390 g/mol. The van der Waals surface area contributed by atoms with Crippen LogP contribution in [0.5, 0.6) is 0 Å². The maximum Gasteiger partial charge on any atom is 0.337 e. The third-order valence-corrected chi connectivity index (χ3v) is 7.98. The Bertz CT molecular complexity index is 1110. The number of nitrogens with one attached hydrogen (secondary N) is 1. The average molecular weight is 390 g/mol. The normalized spacial score (nSPS) is 15.2. The quantitative estimate of drug-likeness (QED) is 0.697. The predicted octanol–water partition coefficient (Wildman–Crippen LogP) is 3.07. The number of thiophene rings is 1. The van der Waals surface area contributed by atoms with Gasteiger partial charge in [0.1, 0.15) is 4.21 Å². The van der Waals surface area contributed by atoms with E-state index in [1.54, 1.807) is 18.2 Å². The number of carbonyl (C=O) groups is 1. The zero-order chi connectivity index (χ0) is 18.5. The Morgan fingerprint density at radius 1 is 1.27 bits per heavy atom. The standard InChI is InChI=1S/C18H18N2O4S2/c1-11-3-6-17(25-11)26(22,23)20-8-7-16-14(10-20)13-9-12(18(21)24-2)4-5-15(13)19-16/h3-6,9,19H,7-8,10H2,1-2H3. The van der Waals surface area contributed by atoms with Gasteiger partial charge in [-0.15, -0.1) is 11.3 Å². The number of carbonyl (C=O) groups excluding carboxylic acids is 1. The Labute approximate surface area is 155 Å². The molecule has 3 heterocycles. The van der Waals surface area contributed by atoms with E-state index < -0.39 is 16.0 Å². The number of hydrogen-bond acceptors (Lipinski definition) is 5. The summed E-state index contributed by atoms with van der Waals surface area (Å²) in [6.07, 6.45) is 0.612. The number of nitrogens with zero attached hydrogens (tertiary/aromatic N) is 1. The molecule has 0 fully saturated rings. The average Bonchev–Trinajstić information content (AvgIpc) is 3.23. The number of H-pyrrole nitrogens is 1. The Balaban J connectivity index is 1.74. The lowest BCUT2D eigenvalue weighted by Crippen LogP contribution is -2.35. The van der Waals surface area contributed by atoms with Gasteiger partial charge in [-0.2, -0.15) is 4.31 Å². The van der Waals surface area contributed by atoms with Crippen molar-refractivity contribution in [1.82, 2.24) is 9.29 Å². The minimum Gasteiger partial charge on any atom is -0.465 e. The number of hydrogen-bond donors (Lipinski definition) is 1. The maximum absolute atomic E-state index is 12.9. The van der Waals surface area contributed by atoms with Gasteiger partial charge in [0, 0.05) is 41.0 Å². The van der Waals surface area contributed by atoms with Crippen LogP contribution in [-0.4, -0.2) is 37.3 Å². The molecule has 1 aromatic carbocycles. The van der Waals surface area contributed by atoms with Crippen LogP contribution >= 0.6 is 11.3 Å². The number of benzene rings is 1. The van der Waals surface area contributed by atoms with E-state index in [4.69, 9.17) is 4.74 Å². The minimum atomic E-state index is -3.52. The number of rotatable bonds is 3. The largest absolute Gasteiger partial charge is 0.465 e. The SMILES string of the molecule is COC(=O)c1ccc2[nH]c3c(c2c1)CN(S(=O)(=O)c1ccc(C)s1)CC3. The number of sulfonamides is 1. The van der Waals surface area contributed by atoms with E-state index in [9.17, 15) is 13.2 Å². The molecule has 6 nitrogen and oxygen atoms in total. The molecule has 2 aromatic heterocycles. The van der Waals surface area contributed by atoms with Crippen LogP contribution in [0.15, 0.2) is 34.5 Å². The van der Waals surface area contributed by atoms with Crippen molar-refractivity contribution in [2.24, 2.45) is 0 Å². The first kappa shape index (κ1) is 17.3. The van der Waals surface area contributed by atoms with Gasteiger partial charge in [0.05, 0.1) is 12.7 Å². The number of aromatic nitrogens is 1. The fourth-order valence-corrected chi connectivity index (χ4v) is 6.16. The van der Waals surface area contributed by atoms with Crippen LogP contribution in [0.3, 0.4) is 0 Å². The molecule has 0 saturated heterocycles. The van der Waals surface area contributed by atoms with Crippen LogP contribution in [0.4, 0.5) is 0 Å². The van der Waals surface area contributed by atoms with Gasteiger partial charge in [0.2, 0.25) is 0 Å². The summed E-state index contributed by atoms with van der Waals surface area (Å²) in [5.74, 6) is -0.406. The minimum absolute atomic E-state index is 0.291. The van der Waals surface area contributed by atoms with Gasteiger partial charge in [-0.1, -0.05) is 0 Å². The molecule has 1 aliphatic rings. The van der Waals surface area contributed by atoms with Crippen molar-refractivity contribution in [1.29, 1.82) is 0 Å². The topological polar surface area (TPSA) is 79.5 Å². The van der Waals surface area contributed by atoms with Crippen LogP contribution in [0.1, 0.15) is 26.5 Å². The first-order valence-electron chi connectivity index (χ1n) is 8.18. The van der Waals surface area contributed by atoms with Gasteiger partial charge in [-0.25, -0.2) is 13.2 Å². The van der Waals surface area contributed by atoms with E-state index >= 15 is 0 Å². The van der Waals surface area contributed by atoms with E-state index in [1.807, 2.05) is 19.1 Å². The van der Waals surface area contributed by atoms with Gasteiger partial charge < -0.3 is 9.72 Å². The summed E-state index contributed by atoms with van der Waals surface area (Å²) in [6, 6.07) is 8.79. The number of ether oxygens (including phenoxy) is 1.